The van der Waals surface area contributed by atoms with E-state index >= 15 is 0 Å². The van der Waals surface area contributed by atoms with Gasteiger partial charge in [0, 0.05) is 27.9 Å². The van der Waals surface area contributed by atoms with Gasteiger partial charge in [0.2, 0.25) is 0 Å². The van der Waals surface area contributed by atoms with Crippen LogP contribution in [0.3, 0.4) is 0 Å². The summed E-state index contributed by atoms with van der Waals surface area (Å²) < 4.78 is 9.66. The third kappa shape index (κ3) is 3.85. The van der Waals surface area contributed by atoms with Crippen LogP contribution in [0.1, 0.15) is 29.8 Å². The van der Waals surface area contributed by atoms with Gasteiger partial charge in [-0.15, -0.1) is 0 Å². The Morgan fingerprint density at radius 1 is 1.22 bits per heavy atom. The van der Waals surface area contributed by atoms with Gasteiger partial charge >= 0.3 is 0 Å². The van der Waals surface area contributed by atoms with Crippen molar-refractivity contribution in [1.82, 2.24) is 9.47 Å². The van der Waals surface area contributed by atoms with Gasteiger partial charge in [0.15, 0.2) is 0 Å². The number of nitrogens with zero attached hydrogens (tertiary/aromatic N) is 2. The van der Waals surface area contributed by atoms with Crippen molar-refractivity contribution in [2.75, 3.05) is 13.2 Å². The topological polar surface area (TPSA) is 34.5 Å². The van der Waals surface area contributed by atoms with Gasteiger partial charge in [0.1, 0.15) is 4.32 Å². The molecule has 2 aromatic carbocycles. The van der Waals surface area contributed by atoms with Gasteiger partial charge in [-0.1, -0.05) is 64.2 Å². The average molecular weight is 528 g/mol. The fraction of sp³-hybridized carbons (Fsp3) is 0.280. The van der Waals surface area contributed by atoms with Crippen molar-refractivity contribution in [1.29, 1.82) is 0 Å². The Bertz CT molecular complexity index is 1270. The molecule has 32 heavy (non-hydrogen) atoms. The molecule has 4 nitrogen and oxygen atoms in total. The summed E-state index contributed by atoms with van der Waals surface area (Å²) in [4.78, 5) is 15.4. The first kappa shape index (κ1) is 21.9. The van der Waals surface area contributed by atoms with Crippen LogP contribution in [0, 0.1) is 13.8 Å². The molecule has 5 rings (SSSR count). The molecule has 0 spiro atoms. The third-order valence-corrected chi connectivity index (χ3v) is 8.20. The van der Waals surface area contributed by atoms with E-state index in [-0.39, 0.29) is 12.0 Å². The van der Waals surface area contributed by atoms with Crippen molar-refractivity contribution >= 4 is 67.0 Å². The highest BCUT2D eigenvalue weighted by molar-refractivity contribution is 9.10. The molecule has 1 atom stereocenters. The molecule has 0 unspecified atom stereocenters. The predicted molar refractivity (Wildman–Crippen MR) is 139 cm³/mol. The van der Waals surface area contributed by atoms with Gasteiger partial charge in [-0.05, 0) is 61.9 Å². The summed E-state index contributed by atoms with van der Waals surface area (Å²) in [5, 5.41) is 2.35. The number of hydrogen-bond acceptors (Lipinski definition) is 4. The lowest BCUT2D eigenvalue weighted by atomic mass is 10.1. The normalized spacial score (nSPS) is 20.3. The Kier molecular flexibility index (Phi) is 6.01. The quantitative estimate of drug-likeness (QED) is 0.291. The van der Waals surface area contributed by atoms with Crippen LogP contribution in [0.15, 0.2) is 51.8 Å². The van der Waals surface area contributed by atoms with Crippen LogP contribution >= 0.6 is 39.9 Å². The second-order valence-corrected chi connectivity index (χ2v) is 10.7. The smallest absolute Gasteiger partial charge is 0.266 e. The second kappa shape index (κ2) is 8.78. The molecule has 2 aliphatic heterocycles. The minimum Gasteiger partial charge on any atom is -0.376 e. The molecule has 2 saturated heterocycles. The number of halogens is 1. The summed E-state index contributed by atoms with van der Waals surface area (Å²) in [6.07, 6.45) is 4.10. The summed E-state index contributed by atoms with van der Waals surface area (Å²) in [6.45, 7) is 5.52. The second-order valence-electron chi connectivity index (χ2n) is 8.20. The van der Waals surface area contributed by atoms with E-state index in [9.17, 15) is 4.79 Å². The fourth-order valence-corrected chi connectivity index (χ4v) is 6.28. The highest BCUT2D eigenvalue weighted by Gasteiger charge is 2.34. The Hall–Kier alpha value is -1.93. The Labute approximate surface area is 205 Å². The van der Waals surface area contributed by atoms with Crippen molar-refractivity contribution in [2.24, 2.45) is 0 Å². The summed E-state index contributed by atoms with van der Waals surface area (Å²) in [7, 11) is 0. The predicted octanol–water partition coefficient (Wildman–Crippen LogP) is 6.39. The SMILES string of the molecule is Cc1cc(/C=C2\SC(=S)N(C[C@@H]3CCCO3)C2=O)c(C)n1-c1ccc(Br)c2ccccc12. The van der Waals surface area contributed by atoms with E-state index in [2.05, 4.69) is 76.8 Å². The number of carbonyl (C=O) groups is 1. The monoisotopic (exact) mass is 526 g/mol. The van der Waals surface area contributed by atoms with E-state index in [1.807, 2.05) is 6.08 Å². The van der Waals surface area contributed by atoms with E-state index in [4.69, 9.17) is 17.0 Å². The number of hydrogen-bond donors (Lipinski definition) is 0. The first-order valence-corrected chi connectivity index (χ1v) is 12.7. The molecule has 7 heteroatoms. The van der Waals surface area contributed by atoms with Crippen molar-refractivity contribution in [3.8, 4) is 5.69 Å². The molecule has 164 valence electrons. The maximum atomic E-state index is 13.1. The minimum atomic E-state index is -0.0191. The minimum absolute atomic E-state index is 0.0191. The number of aromatic nitrogens is 1. The van der Waals surface area contributed by atoms with Crippen molar-refractivity contribution in [3.05, 3.63) is 68.8 Å². The maximum absolute atomic E-state index is 13.1. The van der Waals surface area contributed by atoms with Gasteiger partial charge in [0.05, 0.1) is 23.2 Å². The van der Waals surface area contributed by atoms with Crippen LogP contribution in [0.25, 0.3) is 22.5 Å². The van der Waals surface area contributed by atoms with Crippen molar-refractivity contribution in [3.63, 3.8) is 0 Å². The molecule has 1 aromatic heterocycles. The zero-order valence-corrected chi connectivity index (χ0v) is 21.1. The Morgan fingerprint density at radius 3 is 2.75 bits per heavy atom. The van der Waals surface area contributed by atoms with Crippen LogP contribution in [0.2, 0.25) is 0 Å². The molecular formula is C25H23BrN2O2S2. The summed E-state index contributed by atoms with van der Waals surface area (Å²) >= 11 is 10.6. The first-order chi connectivity index (χ1) is 15.4. The van der Waals surface area contributed by atoms with Crippen LogP contribution in [-0.4, -0.2) is 39.0 Å². The van der Waals surface area contributed by atoms with E-state index in [1.54, 1.807) is 4.90 Å². The van der Waals surface area contributed by atoms with E-state index in [0.717, 1.165) is 46.6 Å². The molecule has 0 radical (unpaired) electrons. The summed E-state index contributed by atoms with van der Waals surface area (Å²) in [5.41, 5.74) is 4.38. The van der Waals surface area contributed by atoms with E-state index in [0.29, 0.717) is 15.8 Å². The highest BCUT2D eigenvalue weighted by Crippen LogP contribution is 2.36. The molecule has 1 amide bonds. The van der Waals surface area contributed by atoms with Crippen LogP contribution in [0.5, 0.6) is 0 Å². The lowest BCUT2D eigenvalue weighted by Gasteiger charge is -2.18. The number of fused-ring (bicyclic) bond motifs is 1. The van der Waals surface area contributed by atoms with Crippen LogP contribution in [-0.2, 0) is 9.53 Å². The van der Waals surface area contributed by atoms with Gasteiger partial charge in [-0.2, -0.15) is 0 Å². The number of thioether (sulfide) groups is 1. The zero-order valence-electron chi connectivity index (χ0n) is 17.9. The lowest BCUT2D eigenvalue weighted by Crippen LogP contribution is -2.35. The molecule has 0 saturated carbocycles. The van der Waals surface area contributed by atoms with Crippen LogP contribution < -0.4 is 0 Å². The zero-order chi connectivity index (χ0) is 22.4. The number of amides is 1. The van der Waals surface area contributed by atoms with Crippen LogP contribution in [0.4, 0.5) is 0 Å². The fourth-order valence-electron chi connectivity index (χ4n) is 4.54. The number of carbonyl (C=O) groups excluding carboxylic acids is 1. The van der Waals surface area contributed by atoms with Crippen molar-refractivity contribution < 1.29 is 9.53 Å². The lowest BCUT2D eigenvalue weighted by molar-refractivity contribution is -0.123. The van der Waals surface area contributed by atoms with Gasteiger partial charge in [-0.25, -0.2) is 0 Å². The molecule has 3 heterocycles. The molecule has 3 aromatic rings. The summed E-state index contributed by atoms with van der Waals surface area (Å²) in [6, 6.07) is 14.7. The molecule has 2 fully saturated rings. The third-order valence-electron chi connectivity index (χ3n) is 6.13. The molecule has 0 aliphatic carbocycles. The molecular weight excluding hydrogens is 504 g/mol. The maximum Gasteiger partial charge on any atom is 0.266 e. The Balaban J connectivity index is 1.50. The van der Waals surface area contributed by atoms with Gasteiger partial charge in [0.25, 0.3) is 5.91 Å². The number of ether oxygens (including phenoxy) is 1. The van der Waals surface area contributed by atoms with Gasteiger partial charge in [-0.3, -0.25) is 9.69 Å². The average Bonchev–Trinajstić information content (AvgIpc) is 3.46. The van der Waals surface area contributed by atoms with Gasteiger partial charge < -0.3 is 9.30 Å². The highest BCUT2D eigenvalue weighted by atomic mass is 79.9. The Morgan fingerprint density at radius 2 is 2.00 bits per heavy atom. The van der Waals surface area contributed by atoms with Crippen molar-refractivity contribution in [2.45, 2.75) is 32.8 Å². The molecule has 0 bridgehead atoms. The summed E-state index contributed by atoms with van der Waals surface area (Å²) in [5.74, 6) is -0.0191. The van der Waals surface area contributed by atoms with E-state index < -0.39 is 0 Å². The molecule has 0 N–H and O–H groups in total. The molecule has 2 aliphatic rings. The standard InChI is InChI=1S/C25H23BrN2O2S2/c1-15-12-17(13-23-24(29)27(25(31)32-23)14-18-6-5-11-30-18)16(2)28(15)22-10-9-21(26)19-7-3-4-8-20(19)22/h3-4,7-10,12-13,18H,5-6,11,14H2,1-2H3/b23-13-/t18-/m0/s1. The number of rotatable bonds is 4. The van der Waals surface area contributed by atoms with E-state index in [1.165, 1.54) is 22.5 Å². The number of benzene rings is 2. The largest absolute Gasteiger partial charge is 0.376 e. The first-order valence-electron chi connectivity index (χ1n) is 10.7. The number of aryl methyl sites for hydroxylation is 1. The number of thiocarbonyl (C=S) groups is 1.